The summed E-state index contributed by atoms with van der Waals surface area (Å²) < 4.78 is 2.18. The fourth-order valence-corrected chi connectivity index (χ4v) is 3.36. The summed E-state index contributed by atoms with van der Waals surface area (Å²) in [5.74, 6) is 0. The molecule has 0 radical (unpaired) electrons. The maximum absolute atomic E-state index is 4.72. The quantitative estimate of drug-likeness (QED) is 0.880. The van der Waals surface area contributed by atoms with Crippen LogP contribution in [0.1, 0.15) is 43.8 Å². The van der Waals surface area contributed by atoms with Crippen molar-refractivity contribution in [2.75, 3.05) is 6.54 Å². The molecule has 2 heterocycles. The second-order valence-corrected chi connectivity index (χ2v) is 5.75. The number of imidazole rings is 1. The van der Waals surface area contributed by atoms with E-state index in [1.54, 1.807) is 11.3 Å². The number of aromatic nitrogens is 3. The lowest BCUT2D eigenvalue weighted by Crippen LogP contribution is -2.17. The zero-order valence-corrected chi connectivity index (χ0v) is 12.9. The topological polar surface area (TPSA) is 42.7 Å². The molecule has 19 heavy (non-hydrogen) atoms. The first-order chi connectivity index (χ1) is 9.17. The molecule has 1 unspecified atom stereocenters. The summed E-state index contributed by atoms with van der Waals surface area (Å²) in [5.41, 5.74) is 2.25. The van der Waals surface area contributed by atoms with E-state index in [4.69, 9.17) is 4.98 Å². The Balaban J connectivity index is 2.31. The molecular formula is C14H22N4S. The number of thiazole rings is 1. The van der Waals surface area contributed by atoms with Crippen LogP contribution in [0.3, 0.4) is 0 Å². The van der Waals surface area contributed by atoms with Gasteiger partial charge in [-0.25, -0.2) is 9.97 Å². The van der Waals surface area contributed by atoms with Gasteiger partial charge in [0.25, 0.3) is 0 Å². The summed E-state index contributed by atoms with van der Waals surface area (Å²) in [7, 11) is 0. The third-order valence-electron chi connectivity index (χ3n) is 3.13. The van der Waals surface area contributed by atoms with E-state index in [0.29, 0.717) is 6.04 Å². The number of nitrogens with zero attached hydrogens (tertiary/aromatic N) is 3. The van der Waals surface area contributed by atoms with Gasteiger partial charge in [-0.1, -0.05) is 13.8 Å². The van der Waals surface area contributed by atoms with Gasteiger partial charge in [-0.15, -0.1) is 11.3 Å². The molecule has 0 spiro atoms. The number of hydrogen-bond acceptors (Lipinski definition) is 4. The second-order valence-electron chi connectivity index (χ2n) is 4.72. The van der Waals surface area contributed by atoms with Gasteiger partial charge in [0.1, 0.15) is 5.01 Å². The van der Waals surface area contributed by atoms with Crippen LogP contribution in [0.5, 0.6) is 0 Å². The number of nitrogens with one attached hydrogen (secondary N) is 1. The third-order valence-corrected chi connectivity index (χ3v) is 4.49. The molecule has 0 amide bonds. The van der Waals surface area contributed by atoms with Crippen molar-refractivity contribution in [3.63, 3.8) is 0 Å². The Bertz CT molecular complexity index is 529. The van der Waals surface area contributed by atoms with E-state index in [0.717, 1.165) is 35.9 Å². The Labute approximate surface area is 118 Å². The summed E-state index contributed by atoms with van der Waals surface area (Å²) in [6.45, 7) is 10.5. The summed E-state index contributed by atoms with van der Waals surface area (Å²) in [4.78, 5) is 10.3. The lowest BCUT2D eigenvalue weighted by molar-refractivity contribution is 0.603. The highest BCUT2D eigenvalue weighted by molar-refractivity contribution is 7.15. The van der Waals surface area contributed by atoms with Crippen LogP contribution in [0.2, 0.25) is 0 Å². The van der Waals surface area contributed by atoms with E-state index in [9.17, 15) is 0 Å². The van der Waals surface area contributed by atoms with Crippen LogP contribution in [0.4, 0.5) is 0 Å². The molecule has 4 nitrogen and oxygen atoms in total. The molecule has 104 valence electrons. The van der Waals surface area contributed by atoms with Gasteiger partial charge in [-0.05, 0) is 26.8 Å². The van der Waals surface area contributed by atoms with Crippen molar-refractivity contribution in [3.05, 3.63) is 23.1 Å². The highest BCUT2D eigenvalue weighted by Crippen LogP contribution is 2.31. The predicted octanol–water partition coefficient (Wildman–Crippen LogP) is 3.40. The molecule has 0 fully saturated rings. The maximum Gasteiger partial charge on any atom is 0.142 e. The highest BCUT2D eigenvalue weighted by Gasteiger charge is 2.16. The molecule has 5 heteroatoms. The average Bonchev–Trinajstić information content (AvgIpc) is 2.96. The first kappa shape index (κ1) is 14.2. The molecule has 2 aromatic rings. The van der Waals surface area contributed by atoms with Crippen molar-refractivity contribution in [2.24, 2.45) is 0 Å². The molecule has 1 N–H and O–H groups in total. The lowest BCUT2D eigenvalue weighted by Gasteiger charge is -2.10. The number of aryl methyl sites for hydroxylation is 2. The van der Waals surface area contributed by atoms with Crippen molar-refractivity contribution in [1.29, 1.82) is 0 Å². The van der Waals surface area contributed by atoms with Crippen LogP contribution in [0.25, 0.3) is 10.7 Å². The zero-order chi connectivity index (χ0) is 13.8. The molecule has 2 rings (SSSR count). The molecular weight excluding hydrogens is 256 g/mol. The molecule has 2 aromatic heterocycles. The van der Waals surface area contributed by atoms with E-state index >= 15 is 0 Å². The van der Waals surface area contributed by atoms with E-state index in [2.05, 4.69) is 42.6 Å². The van der Waals surface area contributed by atoms with Gasteiger partial charge in [-0.2, -0.15) is 0 Å². The Hall–Kier alpha value is -1.20. The molecule has 0 aliphatic carbocycles. The van der Waals surface area contributed by atoms with Crippen molar-refractivity contribution in [3.8, 4) is 10.7 Å². The van der Waals surface area contributed by atoms with Crippen LogP contribution in [-0.2, 0) is 6.54 Å². The van der Waals surface area contributed by atoms with E-state index in [1.165, 1.54) is 4.88 Å². The van der Waals surface area contributed by atoms with Gasteiger partial charge in [0, 0.05) is 17.5 Å². The van der Waals surface area contributed by atoms with Gasteiger partial charge in [0.05, 0.1) is 23.9 Å². The van der Waals surface area contributed by atoms with Crippen LogP contribution in [-0.4, -0.2) is 21.1 Å². The van der Waals surface area contributed by atoms with Crippen LogP contribution >= 0.6 is 11.3 Å². The van der Waals surface area contributed by atoms with Gasteiger partial charge >= 0.3 is 0 Å². The largest absolute Gasteiger partial charge is 0.329 e. The highest BCUT2D eigenvalue weighted by atomic mass is 32.1. The predicted molar refractivity (Wildman–Crippen MR) is 80.5 cm³/mol. The van der Waals surface area contributed by atoms with Gasteiger partial charge < -0.3 is 9.88 Å². The third kappa shape index (κ3) is 3.04. The van der Waals surface area contributed by atoms with Gasteiger partial charge in [0.15, 0.2) is 0 Å². The van der Waals surface area contributed by atoms with Crippen LogP contribution < -0.4 is 5.32 Å². The molecule has 0 aliphatic heterocycles. The SMILES string of the molecule is CCCn1cncc1-c1nc(C)c(C(C)NCC)s1. The fourth-order valence-electron chi connectivity index (χ4n) is 2.24. The Morgan fingerprint density at radius 1 is 1.42 bits per heavy atom. The van der Waals surface area contributed by atoms with Crippen molar-refractivity contribution >= 4 is 11.3 Å². The lowest BCUT2D eigenvalue weighted by atomic mass is 10.2. The van der Waals surface area contributed by atoms with Gasteiger partial charge in [-0.3, -0.25) is 0 Å². The van der Waals surface area contributed by atoms with Crippen LogP contribution in [0.15, 0.2) is 12.5 Å². The Kier molecular flexibility index (Phi) is 4.71. The molecule has 0 saturated heterocycles. The summed E-state index contributed by atoms with van der Waals surface area (Å²) in [5, 5.41) is 4.52. The van der Waals surface area contributed by atoms with E-state index < -0.39 is 0 Å². The smallest absolute Gasteiger partial charge is 0.142 e. The molecule has 0 bridgehead atoms. The minimum absolute atomic E-state index is 0.360. The van der Waals surface area contributed by atoms with E-state index in [-0.39, 0.29) is 0 Å². The van der Waals surface area contributed by atoms with Crippen molar-refractivity contribution < 1.29 is 0 Å². The Morgan fingerprint density at radius 2 is 2.21 bits per heavy atom. The maximum atomic E-state index is 4.72. The number of rotatable bonds is 6. The molecule has 0 aliphatic rings. The summed E-state index contributed by atoms with van der Waals surface area (Å²) in [6.07, 6.45) is 4.91. The minimum Gasteiger partial charge on any atom is -0.329 e. The summed E-state index contributed by atoms with van der Waals surface area (Å²) >= 11 is 1.77. The first-order valence-electron chi connectivity index (χ1n) is 6.88. The Morgan fingerprint density at radius 3 is 2.89 bits per heavy atom. The number of hydrogen-bond donors (Lipinski definition) is 1. The normalized spacial score (nSPS) is 12.8. The van der Waals surface area contributed by atoms with Crippen LogP contribution in [0, 0.1) is 6.92 Å². The minimum atomic E-state index is 0.360. The second kappa shape index (κ2) is 6.30. The average molecular weight is 278 g/mol. The zero-order valence-electron chi connectivity index (χ0n) is 12.1. The first-order valence-corrected chi connectivity index (χ1v) is 7.70. The van der Waals surface area contributed by atoms with Crippen molar-refractivity contribution in [2.45, 2.75) is 46.7 Å². The monoisotopic (exact) mass is 278 g/mol. The van der Waals surface area contributed by atoms with E-state index in [1.807, 2.05) is 12.5 Å². The summed E-state index contributed by atoms with van der Waals surface area (Å²) in [6, 6.07) is 0.360. The standard InChI is InChI=1S/C14H22N4S/c1-5-7-18-9-15-8-12(18)14-17-11(4)13(19-14)10(3)16-6-2/h8-10,16H,5-7H2,1-4H3. The molecule has 0 saturated carbocycles. The van der Waals surface area contributed by atoms with Gasteiger partial charge in [0.2, 0.25) is 0 Å². The molecule has 1 atom stereocenters. The molecule has 0 aromatic carbocycles. The van der Waals surface area contributed by atoms with Crippen molar-refractivity contribution in [1.82, 2.24) is 19.9 Å². The fraction of sp³-hybridized carbons (Fsp3) is 0.571.